The lowest BCUT2D eigenvalue weighted by Gasteiger charge is -2.31. The van der Waals surface area contributed by atoms with E-state index in [2.05, 4.69) is 5.32 Å². The lowest BCUT2D eigenvalue weighted by atomic mass is 9.88. The average molecular weight is 275 g/mol. The summed E-state index contributed by atoms with van der Waals surface area (Å²) in [7, 11) is 0. The molecule has 1 aliphatic rings. The Bertz CT molecular complexity index is 609. The van der Waals surface area contributed by atoms with Crippen molar-refractivity contribution in [1.82, 2.24) is 5.32 Å². The van der Waals surface area contributed by atoms with Crippen LogP contribution in [0.15, 0.2) is 42.5 Å². The topological polar surface area (TPSA) is 32.3 Å². The van der Waals surface area contributed by atoms with Gasteiger partial charge in [-0.3, -0.25) is 0 Å². The number of rotatable bonds is 2. The number of aliphatic hydroxyl groups excluding tert-OH is 1. The van der Waals surface area contributed by atoms with Crippen molar-refractivity contribution < 1.29 is 13.9 Å². The molecule has 20 heavy (non-hydrogen) atoms. The fourth-order valence-corrected chi connectivity index (χ4v) is 2.76. The molecule has 0 aromatic heterocycles. The smallest absolute Gasteiger partial charge is 0.126 e. The molecule has 0 fully saturated rings. The van der Waals surface area contributed by atoms with Gasteiger partial charge in [-0.25, -0.2) is 8.78 Å². The number of halogens is 2. The van der Waals surface area contributed by atoms with Gasteiger partial charge < -0.3 is 10.4 Å². The molecule has 3 rings (SSSR count). The van der Waals surface area contributed by atoms with Crippen molar-refractivity contribution in [2.75, 3.05) is 6.54 Å². The Balaban J connectivity index is 1.97. The third kappa shape index (κ3) is 2.44. The fraction of sp³-hybridized carbons (Fsp3) is 0.250. The first-order valence-corrected chi connectivity index (χ1v) is 6.60. The maximum atomic E-state index is 13.3. The van der Waals surface area contributed by atoms with Gasteiger partial charge in [0.05, 0.1) is 12.1 Å². The molecule has 0 saturated heterocycles. The van der Waals surface area contributed by atoms with Crippen molar-refractivity contribution in [2.45, 2.75) is 18.6 Å². The normalized spacial score (nSPS) is 19.4. The lowest BCUT2D eigenvalue weighted by Crippen LogP contribution is -2.33. The molecule has 0 aliphatic carbocycles. The van der Waals surface area contributed by atoms with Crippen LogP contribution >= 0.6 is 0 Å². The monoisotopic (exact) mass is 275 g/mol. The predicted octanol–water partition coefficient (Wildman–Crippen LogP) is 2.89. The molecule has 4 heteroatoms. The van der Waals surface area contributed by atoms with Crippen LogP contribution in [0.3, 0.4) is 0 Å². The summed E-state index contributed by atoms with van der Waals surface area (Å²) in [6.45, 7) is 0.733. The van der Waals surface area contributed by atoms with E-state index in [4.69, 9.17) is 0 Å². The second kappa shape index (κ2) is 5.31. The average Bonchev–Trinajstić information content (AvgIpc) is 2.45. The molecular formula is C16H15F2NO. The van der Waals surface area contributed by atoms with Crippen molar-refractivity contribution in [3.8, 4) is 0 Å². The molecule has 2 nitrogen and oxygen atoms in total. The zero-order chi connectivity index (χ0) is 14.1. The summed E-state index contributed by atoms with van der Waals surface area (Å²) in [5.74, 6) is -1.36. The Morgan fingerprint density at radius 1 is 1.10 bits per heavy atom. The lowest BCUT2D eigenvalue weighted by molar-refractivity contribution is 0.124. The fourth-order valence-electron chi connectivity index (χ4n) is 2.76. The van der Waals surface area contributed by atoms with Crippen molar-refractivity contribution in [1.29, 1.82) is 0 Å². The second-order valence-electron chi connectivity index (χ2n) is 5.03. The quantitative estimate of drug-likeness (QED) is 0.883. The van der Waals surface area contributed by atoms with E-state index in [1.54, 1.807) is 0 Å². The highest BCUT2D eigenvalue weighted by molar-refractivity contribution is 5.35. The first-order chi connectivity index (χ1) is 9.65. The van der Waals surface area contributed by atoms with Gasteiger partial charge in [-0.15, -0.1) is 0 Å². The van der Waals surface area contributed by atoms with Gasteiger partial charge in [0.25, 0.3) is 0 Å². The molecule has 0 bridgehead atoms. The summed E-state index contributed by atoms with van der Waals surface area (Å²) < 4.78 is 26.6. The van der Waals surface area contributed by atoms with Crippen LogP contribution in [0.2, 0.25) is 0 Å². The maximum Gasteiger partial charge on any atom is 0.126 e. The molecule has 1 aliphatic heterocycles. The van der Waals surface area contributed by atoms with Crippen molar-refractivity contribution in [3.63, 3.8) is 0 Å². The van der Waals surface area contributed by atoms with E-state index in [0.717, 1.165) is 30.2 Å². The Hall–Kier alpha value is -1.78. The third-order valence-electron chi connectivity index (χ3n) is 3.69. The van der Waals surface area contributed by atoms with Gasteiger partial charge in [-0.1, -0.05) is 24.3 Å². The van der Waals surface area contributed by atoms with E-state index in [0.29, 0.717) is 0 Å². The van der Waals surface area contributed by atoms with E-state index in [1.807, 2.05) is 24.3 Å². The Kier molecular flexibility index (Phi) is 3.51. The van der Waals surface area contributed by atoms with Crippen LogP contribution in [0.25, 0.3) is 0 Å². The first kappa shape index (κ1) is 13.2. The van der Waals surface area contributed by atoms with Crippen LogP contribution in [0.1, 0.15) is 28.8 Å². The molecule has 0 amide bonds. The molecule has 2 N–H and O–H groups in total. The summed E-state index contributed by atoms with van der Waals surface area (Å²) in [5, 5.41) is 13.7. The number of hydrogen-bond acceptors (Lipinski definition) is 2. The predicted molar refractivity (Wildman–Crippen MR) is 72.2 cm³/mol. The summed E-state index contributed by atoms with van der Waals surface area (Å²) in [6, 6.07) is 10.6. The molecule has 2 unspecified atom stereocenters. The minimum Gasteiger partial charge on any atom is -0.386 e. The van der Waals surface area contributed by atoms with E-state index in [-0.39, 0.29) is 11.6 Å². The molecule has 2 aromatic carbocycles. The van der Waals surface area contributed by atoms with Gasteiger partial charge in [0.1, 0.15) is 11.6 Å². The van der Waals surface area contributed by atoms with Crippen molar-refractivity contribution in [3.05, 3.63) is 70.8 Å². The highest BCUT2D eigenvalue weighted by atomic mass is 19.1. The Morgan fingerprint density at radius 3 is 2.55 bits per heavy atom. The highest BCUT2D eigenvalue weighted by Crippen LogP contribution is 2.33. The van der Waals surface area contributed by atoms with Crippen LogP contribution in [0.4, 0.5) is 8.78 Å². The van der Waals surface area contributed by atoms with Gasteiger partial charge in [-0.05, 0) is 41.8 Å². The summed E-state index contributed by atoms with van der Waals surface area (Å²) in [5.41, 5.74) is 2.39. The van der Waals surface area contributed by atoms with Gasteiger partial charge in [0.15, 0.2) is 0 Å². The first-order valence-electron chi connectivity index (χ1n) is 6.60. The molecular weight excluding hydrogens is 260 g/mol. The minimum absolute atomic E-state index is 0.247. The van der Waals surface area contributed by atoms with Gasteiger partial charge in [-0.2, -0.15) is 0 Å². The van der Waals surface area contributed by atoms with Gasteiger partial charge in [0, 0.05) is 6.07 Å². The molecule has 2 atom stereocenters. The third-order valence-corrected chi connectivity index (χ3v) is 3.69. The molecule has 2 aromatic rings. The van der Waals surface area contributed by atoms with Crippen LogP contribution < -0.4 is 5.32 Å². The van der Waals surface area contributed by atoms with E-state index in [9.17, 15) is 13.9 Å². The Labute approximate surface area is 116 Å². The van der Waals surface area contributed by atoms with Crippen LogP contribution in [0, 0.1) is 11.6 Å². The number of hydrogen-bond donors (Lipinski definition) is 2. The highest BCUT2D eigenvalue weighted by Gasteiger charge is 2.27. The van der Waals surface area contributed by atoms with E-state index >= 15 is 0 Å². The molecule has 1 heterocycles. The minimum atomic E-state index is -0.985. The van der Waals surface area contributed by atoms with Gasteiger partial charge >= 0.3 is 0 Å². The molecule has 0 radical (unpaired) electrons. The summed E-state index contributed by atoms with van der Waals surface area (Å²) in [6.07, 6.45) is -0.0988. The molecule has 0 saturated carbocycles. The maximum absolute atomic E-state index is 13.3. The summed E-state index contributed by atoms with van der Waals surface area (Å²) in [4.78, 5) is 0. The van der Waals surface area contributed by atoms with Crippen LogP contribution in [-0.2, 0) is 6.42 Å². The van der Waals surface area contributed by atoms with Crippen molar-refractivity contribution in [2.24, 2.45) is 0 Å². The standard InChI is InChI=1S/C16H15F2NO/c17-12-7-11(8-13(18)9-12)16(20)15-14-4-2-1-3-10(14)5-6-19-15/h1-4,7-9,15-16,19-20H,5-6H2. The van der Waals surface area contributed by atoms with Crippen LogP contribution in [0.5, 0.6) is 0 Å². The zero-order valence-electron chi connectivity index (χ0n) is 10.8. The van der Waals surface area contributed by atoms with Crippen LogP contribution in [-0.4, -0.2) is 11.7 Å². The molecule has 104 valence electrons. The number of nitrogens with one attached hydrogen (secondary N) is 1. The number of benzene rings is 2. The number of fused-ring (bicyclic) bond motifs is 1. The van der Waals surface area contributed by atoms with Gasteiger partial charge in [0.2, 0.25) is 0 Å². The SMILES string of the molecule is OC(c1cc(F)cc(F)c1)C1NCCc2ccccc21. The van der Waals surface area contributed by atoms with E-state index in [1.165, 1.54) is 12.1 Å². The molecule has 0 spiro atoms. The largest absolute Gasteiger partial charge is 0.386 e. The second-order valence-corrected chi connectivity index (χ2v) is 5.03. The summed E-state index contributed by atoms with van der Waals surface area (Å²) >= 11 is 0. The number of aliphatic hydroxyl groups is 1. The van der Waals surface area contributed by atoms with E-state index < -0.39 is 17.7 Å². The zero-order valence-corrected chi connectivity index (χ0v) is 10.8. The Morgan fingerprint density at radius 2 is 1.80 bits per heavy atom. The van der Waals surface area contributed by atoms with Crippen molar-refractivity contribution >= 4 is 0 Å².